The highest BCUT2D eigenvalue weighted by molar-refractivity contribution is 6.04. The van der Waals surface area contributed by atoms with Gasteiger partial charge in [-0.25, -0.2) is 13.2 Å². The SMILES string of the molecule is O=C1CCC(Nc2ccc(NC(=O)c3ccc(CN4CCC(F)(F)CC4)c(F)c3)cc2)C(=O)N1. The van der Waals surface area contributed by atoms with Crippen LogP contribution < -0.4 is 16.0 Å². The van der Waals surface area contributed by atoms with Crippen molar-refractivity contribution in [2.45, 2.75) is 44.2 Å². The minimum Gasteiger partial charge on any atom is -0.374 e. The van der Waals surface area contributed by atoms with E-state index in [1.807, 2.05) is 0 Å². The van der Waals surface area contributed by atoms with Gasteiger partial charge in [-0.15, -0.1) is 0 Å². The topological polar surface area (TPSA) is 90.5 Å². The number of nitrogens with zero attached hydrogens (tertiary/aromatic N) is 1. The minimum atomic E-state index is -2.66. The molecule has 0 aromatic heterocycles. The molecule has 7 nitrogen and oxygen atoms in total. The smallest absolute Gasteiger partial charge is 0.255 e. The summed E-state index contributed by atoms with van der Waals surface area (Å²) in [7, 11) is 0. The molecule has 180 valence electrons. The van der Waals surface area contributed by atoms with Crippen LogP contribution in [0.15, 0.2) is 42.5 Å². The number of hydrogen-bond donors (Lipinski definition) is 3. The number of nitrogens with one attached hydrogen (secondary N) is 3. The second kappa shape index (κ2) is 9.84. The van der Waals surface area contributed by atoms with Crippen LogP contribution in [0.3, 0.4) is 0 Å². The van der Waals surface area contributed by atoms with Gasteiger partial charge in [-0.05, 0) is 42.8 Å². The fourth-order valence-corrected chi connectivity index (χ4v) is 3.98. The van der Waals surface area contributed by atoms with E-state index in [2.05, 4.69) is 16.0 Å². The molecule has 2 aliphatic heterocycles. The number of rotatable bonds is 6. The standard InChI is InChI=1S/C24H25F3N4O3/c25-19-13-15(1-2-16(19)14-31-11-9-24(26,27)10-12-31)22(33)29-18-5-3-17(4-6-18)28-20-7-8-21(32)30-23(20)34/h1-6,13,20,28H,7-12,14H2,(H,29,33)(H,30,32,34). The number of carbonyl (C=O) groups is 3. The fraction of sp³-hybridized carbons (Fsp3) is 0.375. The lowest BCUT2D eigenvalue weighted by Gasteiger charge is -2.31. The van der Waals surface area contributed by atoms with Gasteiger partial charge in [0.25, 0.3) is 11.8 Å². The summed E-state index contributed by atoms with van der Waals surface area (Å²) < 4.78 is 41.2. The number of amides is 3. The van der Waals surface area contributed by atoms with Gasteiger partial charge in [0.05, 0.1) is 0 Å². The van der Waals surface area contributed by atoms with Crippen molar-refractivity contribution in [1.82, 2.24) is 10.2 Å². The quantitative estimate of drug-likeness (QED) is 0.558. The number of halogens is 3. The first kappa shape index (κ1) is 23.7. The summed E-state index contributed by atoms with van der Waals surface area (Å²) in [4.78, 5) is 37.4. The van der Waals surface area contributed by atoms with Crippen LogP contribution in [0, 0.1) is 5.82 Å². The van der Waals surface area contributed by atoms with Crippen LogP contribution >= 0.6 is 0 Å². The number of anilines is 2. The van der Waals surface area contributed by atoms with Crippen LogP contribution in [0.2, 0.25) is 0 Å². The number of carbonyl (C=O) groups excluding carboxylic acids is 3. The average molecular weight is 474 g/mol. The third-order valence-electron chi connectivity index (χ3n) is 6.02. The molecule has 4 rings (SSSR count). The van der Waals surface area contributed by atoms with Crippen molar-refractivity contribution in [1.29, 1.82) is 0 Å². The first-order valence-electron chi connectivity index (χ1n) is 11.1. The zero-order valence-electron chi connectivity index (χ0n) is 18.4. The molecule has 1 atom stereocenters. The van der Waals surface area contributed by atoms with E-state index in [-0.39, 0.29) is 56.3 Å². The lowest BCUT2D eigenvalue weighted by Crippen LogP contribution is -2.47. The van der Waals surface area contributed by atoms with E-state index in [4.69, 9.17) is 0 Å². The van der Waals surface area contributed by atoms with Gasteiger partial charge in [-0.2, -0.15) is 0 Å². The van der Waals surface area contributed by atoms with Crippen LogP contribution in [-0.2, 0) is 16.1 Å². The monoisotopic (exact) mass is 474 g/mol. The van der Waals surface area contributed by atoms with Gasteiger partial charge in [-0.3, -0.25) is 24.6 Å². The Morgan fingerprint density at radius 3 is 2.38 bits per heavy atom. The van der Waals surface area contributed by atoms with E-state index in [0.29, 0.717) is 23.4 Å². The summed E-state index contributed by atoms with van der Waals surface area (Å²) in [5, 5.41) is 8.01. The minimum absolute atomic E-state index is 0.136. The molecule has 2 aromatic rings. The van der Waals surface area contributed by atoms with Crippen molar-refractivity contribution >= 4 is 29.1 Å². The van der Waals surface area contributed by atoms with E-state index < -0.39 is 23.7 Å². The van der Waals surface area contributed by atoms with Crippen molar-refractivity contribution in [2.75, 3.05) is 23.7 Å². The number of hydrogen-bond acceptors (Lipinski definition) is 5. The molecule has 0 aliphatic carbocycles. The van der Waals surface area contributed by atoms with Gasteiger partial charge in [0.15, 0.2) is 0 Å². The van der Waals surface area contributed by atoms with Crippen molar-refractivity contribution in [2.24, 2.45) is 0 Å². The summed E-state index contributed by atoms with van der Waals surface area (Å²) in [5.41, 5.74) is 1.62. The third-order valence-corrected chi connectivity index (χ3v) is 6.02. The summed E-state index contributed by atoms with van der Waals surface area (Å²) in [6.45, 7) is 0.609. The summed E-state index contributed by atoms with van der Waals surface area (Å²) in [6.07, 6.45) is 0.184. The molecule has 2 saturated heterocycles. The highest BCUT2D eigenvalue weighted by Crippen LogP contribution is 2.28. The van der Waals surface area contributed by atoms with Gasteiger partial charge in [0.2, 0.25) is 11.8 Å². The normalized spacial score (nSPS) is 20.5. The molecular formula is C24H25F3N4O3. The number of alkyl halides is 2. The fourth-order valence-electron chi connectivity index (χ4n) is 3.98. The van der Waals surface area contributed by atoms with Crippen molar-refractivity contribution < 1.29 is 27.6 Å². The van der Waals surface area contributed by atoms with Crippen LogP contribution in [0.1, 0.15) is 41.6 Å². The molecule has 2 heterocycles. The third kappa shape index (κ3) is 5.93. The molecule has 0 radical (unpaired) electrons. The van der Waals surface area contributed by atoms with Crippen LogP contribution in [0.5, 0.6) is 0 Å². The van der Waals surface area contributed by atoms with Crippen LogP contribution in [0.25, 0.3) is 0 Å². The second-order valence-corrected chi connectivity index (χ2v) is 8.62. The molecule has 2 aromatic carbocycles. The van der Waals surface area contributed by atoms with E-state index in [9.17, 15) is 27.6 Å². The molecule has 0 bridgehead atoms. The number of benzene rings is 2. The van der Waals surface area contributed by atoms with E-state index in [1.54, 1.807) is 29.2 Å². The molecule has 3 N–H and O–H groups in total. The van der Waals surface area contributed by atoms with Gasteiger partial charge < -0.3 is 10.6 Å². The first-order valence-corrected chi connectivity index (χ1v) is 11.1. The molecule has 3 amide bonds. The van der Waals surface area contributed by atoms with Crippen molar-refractivity contribution in [3.63, 3.8) is 0 Å². The Balaban J connectivity index is 1.32. The van der Waals surface area contributed by atoms with Gasteiger partial charge in [0.1, 0.15) is 11.9 Å². The Labute approximate surface area is 194 Å². The lowest BCUT2D eigenvalue weighted by molar-refractivity contribution is -0.133. The predicted octanol–water partition coefficient (Wildman–Crippen LogP) is 3.53. The molecule has 2 aliphatic rings. The molecular weight excluding hydrogens is 449 g/mol. The Hall–Kier alpha value is -3.40. The van der Waals surface area contributed by atoms with Crippen molar-refractivity contribution in [3.05, 3.63) is 59.4 Å². The highest BCUT2D eigenvalue weighted by Gasteiger charge is 2.34. The maximum atomic E-state index is 14.6. The summed E-state index contributed by atoms with van der Waals surface area (Å²) in [5.74, 6) is -4.38. The molecule has 0 spiro atoms. The average Bonchev–Trinajstić information content (AvgIpc) is 2.79. The molecule has 2 fully saturated rings. The largest absolute Gasteiger partial charge is 0.374 e. The van der Waals surface area contributed by atoms with Crippen LogP contribution in [-0.4, -0.2) is 47.7 Å². The molecule has 1 unspecified atom stereocenters. The van der Waals surface area contributed by atoms with E-state index in [1.165, 1.54) is 12.1 Å². The Morgan fingerprint density at radius 2 is 1.74 bits per heavy atom. The maximum absolute atomic E-state index is 14.6. The Bertz CT molecular complexity index is 1080. The number of piperidine rings is 2. The van der Waals surface area contributed by atoms with Crippen molar-refractivity contribution in [3.8, 4) is 0 Å². The number of likely N-dealkylation sites (tertiary alicyclic amines) is 1. The summed E-state index contributed by atoms with van der Waals surface area (Å²) >= 11 is 0. The molecule has 0 saturated carbocycles. The Kier molecular flexibility index (Phi) is 6.87. The van der Waals surface area contributed by atoms with Gasteiger partial charge >= 0.3 is 0 Å². The van der Waals surface area contributed by atoms with E-state index >= 15 is 0 Å². The highest BCUT2D eigenvalue weighted by atomic mass is 19.3. The first-order chi connectivity index (χ1) is 16.2. The zero-order valence-corrected chi connectivity index (χ0v) is 18.4. The van der Waals surface area contributed by atoms with Gasteiger partial charge in [0, 0.05) is 61.4 Å². The Morgan fingerprint density at radius 1 is 1.06 bits per heavy atom. The molecule has 10 heteroatoms. The maximum Gasteiger partial charge on any atom is 0.255 e. The zero-order chi connectivity index (χ0) is 24.3. The van der Waals surface area contributed by atoms with E-state index in [0.717, 1.165) is 6.07 Å². The number of imide groups is 1. The van der Waals surface area contributed by atoms with Crippen LogP contribution in [0.4, 0.5) is 24.5 Å². The van der Waals surface area contributed by atoms with Gasteiger partial charge in [-0.1, -0.05) is 6.07 Å². The molecule has 34 heavy (non-hydrogen) atoms. The lowest BCUT2D eigenvalue weighted by atomic mass is 10.0. The predicted molar refractivity (Wildman–Crippen MR) is 120 cm³/mol. The summed E-state index contributed by atoms with van der Waals surface area (Å²) in [6, 6.07) is 10.3. The second-order valence-electron chi connectivity index (χ2n) is 8.62.